The predicted molar refractivity (Wildman–Crippen MR) is 121 cm³/mol. The van der Waals surface area contributed by atoms with Crippen LogP contribution in [0.25, 0.3) is 11.0 Å². The number of benzene rings is 1. The molecule has 1 amide bonds. The van der Waals surface area contributed by atoms with Crippen LogP contribution >= 0.6 is 0 Å². The molecule has 1 N–H and O–H groups in total. The van der Waals surface area contributed by atoms with Gasteiger partial charge in [-0.15, -0.1) is 0 Å². The predicted octanol–water partition coefficient (Wildman–Crippen LogP) is 3.55. The third-order valence-corrected chi connectivity index (χ3v) is 6.22. The van der Waals surface area contributed by atoms with Crippen LogP contribution in [0.3, 0.4) is 0 Å². The van der Waals surface area contributed by atoms with Gasteiger partial charge in [0, 0.05) is 19.0 Å². The maximum atomic E-state index is 13.1. The Labute approximate surface area is 183 Å². The number of aryl methyl sites for hydroxylation is 3. The lowest BCUT2D eigenvalue weighted by molar-refractivity contribution is 0.0923. The third kappa shape index (κ3) is 4.42. The number of carbonyl (C=O) groups excluding carboxylic acids is 1. The van der Waals surface area contributed by atoms with Crippen molar-refractivity contribution in [2.24, 2.45) is 7.05 Å². The molecule has 1 aliphatic rings. The van der Waals surface area contributed by atoms with Crippen LogP contribution in [-0.2, 0) is 7.05 Å². The molecule has 1 atom stereocenters. The molecule has 1 aromatic carbocycles. The highest BCUT2D eigenvalue weighted by atomic mass is 16.5. The van der Waals surface area contributed by atoms with E-state index in [9.17, 15) is 4.79 Å². The van der Waals surface area contributed by atoms with Gasteiger partial charge in [0.25, 0.3) is 5.91 Å². The highest BCUT2D eigenvalue weighted by Gasteiger charge is 2.24. The van der Waals surface area contributed by atoms with Crippen LogP contribution in [0.4, 0.5) is 0 Å². The standard InChI is InChI=1S/C24H31N5O2/c1-16-21(14-20-17(2)27-28(3)23(20)26-16)24(30)25-15-22(29-12-6-5-7-13-29)18-8-10-19(31-4)11-9-18/h8-11,14,22H,5-7,12-13,15H2,1-4H3,(H,25,30)/t22-/m1/s1. The van der Waals surface area contributed by atoms with Crippen LogP contribution in [0, 0.1) is 13.8 Å². The van der Waals surface area contributed by atoms with E-state index in [4.69, 9.17) is 4.74 Å². The number of nitrogens with zero attached hydrogens (tertiary/aromatic N) is 4. The number of carbonyl (C=O) groups is 1. The lowest BCUT2D eigenvalue weighted by Gasteiger charge is -2.35. The van der Waals surface area contributed by atoms with Crippen LogP contribution < -0.4 is 10.1 Å². The minimum absolute atomic E-state index is 0.0920. The Morgan fingerprint density at radius 1 is 1.13 bits per heavy atom. The zero-order valence-electron chi connectivity index (χ0n) is 18.8. The van der Waals surface area contributed by atoms with Crippen molar-refractivity contribution in [3.63, 3.8) is 0 Å². The minimum atomic E-state index is -0.0920. The largest absolute Gasteiger partial charge is 0.497 e. The zero-order chi connectivity index (χ0) is 22.0. The van der Waals surface area contributed by atoms with E-state index in [-0.39, 0.29) is 11.9 Å². The maximum absolute atomic E-state index is 13.1. The molecule has 1 saturated heterocycles. The molecule has 0 unspecified atom stereocenters. The molecule has 0 saturated carbocycles. The van der Waals surface area contributed by atoms with Crippen molar-refractivity contribution in [3.8, 4) is 5.75 Å². The lowest BCUT2D eigenvalue weighted by atomic mass is 10.0. The molecule has 0 bridgehead atoms. The SMILES string of the molecule is COc1ccc([C@@H](CNC(=O)c2cc3c(C)nn(C)c3nc2C)N2CCCCC2)cc1. The summed E-state index contributed by atoms with van der Waals surface area (Å²) in [4.78, 5) is 20.2. The van der Waals surface area contributed by atoms with Crippen molar-refractivity contribution in [2.45, 2.75) is 39.2 Å². The van der Waals surface area contributed by atoms with Crippen LogP contribution in [0.2, 0.25) is 0 Å². The van der Waals surface area contributed by atoms with Gasteiger partial charge in [0.15, 0.2) is 5.65 Å². The Bertz CT molecular complexity index is 1070. The van der Waals surface area contributed by atoms with Gasteiger partial charge >= 0.3 is 0 Å². The Morgan fingerprint density at radius 2 is 1.84 bits per heavy atom. The number of fused-ring (bicyclic) bond motifs is 1. The molecule has 0 radical (unpaired) electrons. The average Bonchev–Trinajstić information content (AvgIpc) is 3.06. The summed E-state index contributed by atoms with van der Waals surface area (Å²) in [6, 6.07) is 10.2. The Balaban J connectivity index is 1.56. The number of aromatic nitrogens is 3. The van der Waals surface area contributed by atoms with Crippen molar-refractivity contribution >= 4 is 16.9 Å². The summed E-state index contributed by atoms with van der Waals surface area (Å²) in [6.45, 7) is 6.47. The van der Waals surface area contributed by atoms with Crippen LogP contribution in [-0.4, -0.2) is 52.3 Å². The zero-order valence-corrected chi connectivity index (χ0v) is 18.8. The summed E-state index contributed by atoms with van der Waals surface area (Å²) < 4.78 is 7.07. The molecule has 7 heteroatoms. The Morgan fingerprint density at radius 3 is 2.52 bits per heavy atom. The van der Waals surface area contributed by atoms with E-state index in [1.165, 1.54) is 24.8 Å². The molecule has 3 heterocycles. The maximum Gasteiger partial charge on any atom is 0.253 e. The van der Waals surface area contributed by atoms with Crippen molar-refractivity contribution in [2.75, 3.05) is 26.7 Å². The molecule has 4 rings (SSSR count). The van der Waals surface area contributed by atoms with E-state index < -0.39 is 0 Å². The second-order valence-electron chi connectivity index (χ2n) is 8.30. The number of rotatable bonds is 6. The molecular formula is C24H31N5O2. The first-order chi connectivity index (χ1) is 15.0. The van der Waals surface area contributed by atoms with E-state index in [1.807, 2.05) is 39.1 Å². The fourth-order valence-electron chi connectivity index (χ4n) is 4.46. The van der Waals surface area contributed by atoms with Gasteiger partial charge in [-0.05, 0) is 63.5 Å². The van der Waals surface area contributed by atoms with Crippen molar-refractivity contribution in [1.82, 2.24) is 25.0 Å². The smallest absolute Gasteiger partial charge is 0.253 e. The van der Waals surface area contributed by atoms with Gasteiger partial charge in [-0.3, -0.25) is 14.4 Å². The van der Waals surface area contributed by atoms with Crippen molar-refractivity contribution in [3.05, 3.63) is 52.8 Å². The molecule has 164 valence electrons. The fourth-order valence-corrected chi connectivity index (χ4v) is 4.46. The molecule has 1 aliphatic heterocycles. The van der Waals surface area contributed by atoms with E-state index in [0.29, 0.717) is 17.8 Å². The normalized spacial score (nSPS) is 15.7. The average molecular weight is 422 g/mol. The van der Waals surface area contributed by atoms with Gasteiger partial charge in [-0.1, -0.05) is 18.6 Å². The molecule has 0 spiro atoms. The van der Waals surface area contributed by atoms with Gasteiger partial charge in [-0.2, -0.15) is 5.10 Å². The molecule has 31 heavy (non-hydrogen) atoms. The fraction of sp³-hybridized carbons (Fsp3) is 0.458. The highest BCUT2D eigenvalue weighted by Crippen LogP contribution is 2.26. The van der Waals surface area contributed by atoms with E-state index in [1.54, 1.807) is 11.8 Å². The minimum Gasteiger partial charge on any atom is -0.497 e. The van der Waals surface area contributed by atoms with Gasteiger partial charge in [0.1, 0.15) is 5.75 Å². The summed E-state index contributed by atoms with van der Waals surface area (Å²) in [5.74, 6) is 0.748. The molecule has 7 nitrogen and oxygen atoms in total. The number of nitrogens with one attached hydrogen (secondary N) is 1. The monoisotopic (exact) mass is 421 g/mol. The summed E-state index contributed by atoms with van der Waals surface area (Å²) in [7, 11) is 3.55. The first kappa shape index (κ1) is 21.3. The number of hydrogen-bond acceptors (Lipinski definition) is 5. The highest BCUT2D eigenvalue weighted by molar-refractivity contribution is 5.98. The third-order valence-electron chi connectivity index (χ3n) is 6.22. The van der Waals surface area contributed by atoms with Crippen LogP contribution in [0.1, 0.15) is 52.6 Å². The van der Waals surface area contributed by atoms with Gasteiger partial charge in [0.05, 0.1) is 30.1 Å². The van der Waals surface area contributed by atoms with Crippen molar-refractivity contribution < 1.29 is 9.53 Å². The second-order valence-corrected chi connectivity index (χ2v) is 8.30. The lowest BCUT2D eigenvalue weighted by Crippen LogP contribution is -2.40. The van der Waals surface area contributed by atoms with Gasteiger partial charge in [0.2, 0.25) is 0 Å². The summed E-state index contributed by atoms with van der Waals surface area (Å²) in [6.07, 6.45) is 3.66. The van der Waals surface area contributed by atoms with Crippen LogP contribution in [0.15, 0.2) is 30.3 Å². The van der Waals surface area contributed by atoms with E-state index in [0.717, 1.165) is 35.6 Å². The number of piperidine rings is 1. The molecular weight excluding hydrogens is 390 g/mol. The van der Waals surface area contributed by atoms with Crippen molar-refractivity contribution in [1.29, 1.82) is 0 Å². The van der Waals surface area contributed by atoms with Crippen LogP contribution in [0.5, 0.6) is 5.75 Å². The Hall–Kier alpha value is -2.93. The second kappa shape index (κ2) is 9.06. The van der Waals surface area contributed by atoms with Gasteiger partial charge < -0.3 is 10.1 Å². The Kier molecular flexibility index (Phi) is 6.23. The topological polar surface area (TPSA) is 72.3 Å². The number of methoxy groups -OCH3 is 1. The van der Waals surface area contributed by atoms with E-state index in [2.05, 4.69) is 32.4 Å². The summed E-state index contributed by atoms with van der Waals surface area (Å²) >= 11 is 0. The number of pyridine rings is 1. The molecule has 0 aliphatic carbocycles. The first-order valence-electron chi connectivity index (χ1n) is 10.9. The first-order valence-corrected chi connectivity index (χ1v) is 10.9. The quantitative estimate of drug-likeness (QED) is 0.659. The number of amides is 1. The summed E-state index contributed by atoms with van der Waals surface area (Å²) in [5, 5.41) is 8.52. The summed E-state index contributed by atoms with van der Waals surface area (Å²) in [5.41, 5.74) is 4.19. The molecule has 3 aromatic rings. The van der Waals surface area contributed by atoms with E-state index >= 15 is 0 Å². The number of hydrogen-bond donors (Lipinski definition) is 1. The number of likely N-dealkylation sites (tertiary alicyclic amines) is 1. The molecule has 2 aromatic heterocycles. The molecule has 1 fully saturated rings. The van der Waals surface area contributed by atoms with Gasteiger partial charge in [-0.25, -0.2) is 4.98 Å². The number of ether oxygens (including phenoxy) is 1.